The molecule has 1 unspecified atom stereocenters. The highest BCUT2D eigenvalue weighted by molar-refractivity contribution is 5.85. The van der Waals surface area contributed by atoms with E-state index < -0.39 is 0 Å². The molecule has 4 heteroatoms. The van der Waals surface area contributed by atoms with Gasteiger partial charge in [-0.25, -0.2) is 0 Å². The van der Waals surface area contributed by atoms with Crippen molar-refractivity contribution in [1.29, 1.82) is 0 Å². The lowest BCUT2D eigenvalue weighted by Gasteiger charge is -2.15. The summed E-state index contributed by atoms with van der Waals surface area (Å²) in [4.78, 5) is 0. The van der Waals surface area contributed by atoms with Gasteiger partial charge in [-0.05, 0) is 36.0 Å². The number of methoxy groups -OCH3 is 2. The lowest BCUT2D eigenvalue weighted by molar-refractivity contribution is 0.352. The predicted octanol–water partition coefficient (Wildman–Crippen LogP) is 3.95. The molecule has 124 valence electrons. The molecule has 3 nitrogen and oxygen atoms in total. The fourth-order valence-corrected chi connectivity index (χ4v) is 3.32. The third-order valence-corrected chi connectivity index (χ3v) is 4.43. The van der Waals surface area contributed by atoms with E-state index in [4.69, 9.17) is 9.47 Å². The van der Waals surface area contributed by atoms with Crippen molar-refractivity contribution >= 4 is 12.4 Å². The van der Waals surface area contributed by atoms with E-state index in [2.05, 4.69) is 41.7 Å². The largest absolute Gasteiger partial charge is 0.493 e. The van der Waals surface area contributed by atoms with E-state index in [1.54, 1.807) is 14.2 Å². The highest BCUT2D eigenvalue weighted by Gasteiger charge is 2.26. The summed E-state index contributed by atoms with van der Waals surface area (Å²) in [6, 6.07) is 14.7. The van der Waals surface area contributed by atoms with Gasteiger partial charge in [-0.15, -0.1) is 12.4 Å². The van der Waals surface area contributed by atoms with Crippen LogP contribution < -0.4 is 14.8 Å². The van der Waals surface area contributed by atoms with Gasteiger partial charge in [0.2, 0.25) is 0 Å². The maximum atomic E-state index is 5.56. The Balaban J connectivity index is 0.00000192. The molecule has 0 heterocycles. The molecule has 2 aromatic rings. The summed E-state index contributed by atoms with van der Waals surface area (Å²) >= 11 is 0. The summed E-state index contributed by atoms with van der Waals surface area (Å²) in [6.45, 7) is 1.91. The summed E-state index contributed by atoms with van der Waals surface area (Å²) in [5.74, 6) is 2.29. The minimum absolute atomic E-state index is 0. The monoisotopic (exact) mass is 333 g/mol. The Hall–Kier alpha value is -1.71. The fraction of sp³-hybridized carbons (Fsp3) is 0.368. The van der Waals surface area contributed by atoms with Crippen LogP contribution in [0.2, 0.25) is 0 Å². The molecular formula is C19H24ClNO2. The molecule has 0 aromatic heterocycles. The van der Waals surface area contributed by atoms with Crippen molar-refractivity contribution in [3.63, 3.8) is 0 Å². The molecule has 0 bridgehead atoms. The van der Waals surface area contributed by atoms with Crippen LogP contribution in [0, 0.1) is 0 Å². The molecule has 23 heavy (non-hydrogen) atoms. The highest BCUT2D eigenvalue weighted by atomic mass is 35.5. The predicted molar refractivity (Wildman–Crippen MR) is 96.0 cm³/mol. The van der Waals surface area contributed by atoms with Gasteiger partial charge >= 0.3 is 0 Å². The standard InChI is InChI=1S/C19H23NO2.ClH/c1-21-18-11-10-16-15(8-9-17(16)19(18)22-2)13-20-12-14-6-4-3-5-7-14;/h3-7,10-11,15,20H,8-9,12-13H2,1-2H3;1H. The molecule has 2 aromatic carbocycles. The SMILES string of the molecule is COc1ccc2c(c1OC)CCC2CNCc1ccccc1.Cl. The second-order valence-electron chi connectivity index (χ2n) is 5.72. The average Bonchev–Trinajstić information content (AvgIpc) is 2.98. The maximum Gasteiger partial charge on any atom is 0.164 e. The van der Waals surface area contributed by atoms with Crippen LogP contribution in [0.4, 0.5) is 0 Å². The number of benzene rings is 2. The van der Waals surface area contributed by atoms with Crippen molar-refractivity contribution in [3.05, 3.63) is 59.2 Å². The van der Waals surface area contributed by atoms with Crippen LogP contribution in [0.25, 0.3) is 0 Å². The van der Waals surface area contributed by atoms with Crippen molar-refractivity contribution in [3.8, 4) is 11.5 Å². The Bertz CT molecular complexity index is 631. The van der Waals surface area contributed by atoms with E-state index >= 15 is 0 Å². The lowest BCUT2D eigenvalue weighted by atomic mass is 10.0. The number of fused-ring (bicyclic) bond motifs is 1. The number of hydrogen-bond donors (Lipinski definition) is 1. The summed E-state index contributed by atoms with van der Waals surface area (Å²) in [6.07, 6.45) is 2.23. The fourth-order valence-electron chi connectivity index (χ4n) is 3.32. The van der Waals surface area contributed by atoms with Gasteiger partial charge < -0.3 is 14.8 Å². The molecule has 3 rings (SSSR count). The molecule has 1 atom stereocenters. The minimum Gasteiger partial charge on any atom is -0.493 e. The molecule has 1 aliphatic rings. The number of nitrogens with one attached hydrogen (secondary N) is 1. The van der Waals surface area contributed by atoms with Gasteiger partial charge in [0.25, 0.3) is 0 Å². The van der Waals surface area contributed by atoms with Gasteiger partial charge in [-0.3, -0.25) is 0 Å². The first-order valence-electron chi connectivity index (χ1n) is 7.82. The van der Waals surface area contributed by atoms with Crippen LogP contribution in [0.5, 0.6) is 11.5 Å². The normalized spacial score (nSPS) is 15.7. The summed E-state index contributed by atoms with van der Waals surface area (Å²) < 4.78 is 11.0. The molecule has 0 saturated carbocycles. The van der Waals surface area contributed by atoms with Gasteiger partial charge in [0.05, 0.1) is 14.2 Å². The Kier molecular flexibility index (Phi) is 6.31. The van der Waals surface area contributed by atoms with E-state index in [1.807, 2.05) is 6.07 Å². The number of halogens is 1. The van der Waals surface area contributed by atoms with Crippen LogP contribution in [0.1, 0.15) is 29.0 Å². The average molecular weight is 334 g/mol. The Morgan fingerprint density at radius 2 is 1.83 bits per heavy atom. The van der Waals surface area contributed by atoms with Gasteiger partial charge in [0.15, 0.2) is 11.5 Å². The van der Waals surface area contributed by atoms with Crippen molar-refractivity contribution < 1.29 is 9.47 Å². The Labute approximate surface area is 144 Å². The van der Waals surface area contributed by atoms with Crippen molar-refractivity contribution in [1.82, 2.24) is 5.32 Å². The van der Waals surface area contributed by atoms with E-state index in [-0.39, 0.29) is 12.4 Å². The molecule has 0 saturated heterocycles. The first-order chi connectivity index (χ1) is 10.8. The van der Waals surface area contributed by atoms with E-state index in [9.17, 15) is 0 Å². The maximum absolute atomic E-state index is 5.56. The Morgan fingerprint density at radius 1 is 1.04 bits per heavy atom. The van der Waals surface area contributed by atoms with Crippen molar-refractivity contribution in [2.24, 2.45) is 0 Å². The molecule has 0 spiro atoms. The van der Waals surface area contributed by atoms with Gasteiger partial charge in [0.1, 0.15) is 0 Å². The van der Waals surface area contributed by atoms with Crippen LogP contribution in [0.15, 0.2) is 42.5 Å². The third kappa shape index (κ3) is 3.80. The zero-order valence-electron chi connectivity index (χ0n) is 13.7. The van der Waals surface area contributed by atoms with Crippen LogP contribution in [-0.2, 0) is 13.0 Å². The lowest BCUT2D eigenvalue weighted by Crippen LogP contribution is -2.20. The van der Waals surface area contributed by atoms with E-state index in [1.165, 1.54) is 23.1 Å². The molecule has 1 N–H and O–H groups in total. The van der Waals surface area contributed by atoms with Crippen molar-refractivity contribution in [2.45, 2.75) is 25.3 Å². The van der Waals surface area contributed by atoms with Gasteiger partial charge in [-0.2, -0.15) is 0 Å². The first-order valence-corrected chi connectivity index (χ1v) is 7.82. The van der Waals surface area contributed by atoms with Crippen LogP contribution in [-0.4, -0.2) is 20.8 Å². The minimum atomic E-state index is 0. The van der Waals surface area contributed by atoms with Crippen LogP contribution in [0.3, 0.4) is 0 Å². The Morgan fingerprint density at radius 3 is 2.52 bits per heavy atom. The molecule has 0 amide bonds. The molecule has 0 radical (unpaired) electrons. The van der Waals surface area contributed by atoms with Gasteiger partial charge in [-0.1, -0.05) is 36.4 Å². The highest BCUT2D eigenvalue weighted by Crippen LogP contribution is 2.42. The molecule has 1 aliphatic carbocycles. The molecule has 0 fully saturated rings. The summed E-state index contributed by atoms with van der Waals surface area (Å²) in [7, 11) is 3.41. The number of ether oxygens (including phenoxy) is 2. The first kappa shape index (κ1) is 17.6. The third-order valence-electron chi connectivity index (χ3n) is 4.43. The molecular weight excluding hydrogens is 310 g/mol. The topological polar surface area (TPSA) is 30.5 Å². The van der Waals surface area contributed by atoms with E-state index in [0.29, 0.717) is 5.92 Å². The van der Waals surface area contributed by atoms with Gasteiger partial charge in [0, 0.05) is 18.7 Å². The van der Waals surface area contributed by atoms with Crippen molar-refractivity contribution in [2.75, 3.05) is 20.8 Å². The zero-order valence-corrected chi connectivity index (χ0v) is 14.5. The number of rotatable bonds is 6. The zero-order chi connectivity index (χ0) is 15.4. The summed E-state index contributed by atoms with van der Waals surface area (Å²) in [5.41, 5.74) is 4.04. The smallest absolute Gasteiger partial charge is 0.164 e. The van der Waals surface area contributed by atoms with Crippen LogP contribution >= 0.6 is 12.4 Å². The molecule has 0 aliphatic heterocycles. The summed E-state index contributed by atoms with van der Waals surface area (Å²) in [5, 5.41) is 3.58. The second-order valence-corrected chi connectivity index (χ2v) is 5.72. The number of hydrogen-bond acceptors (Lipinski definition) is 3. The second kappa shape index (κ2) is 8.23. The quantitative estimate of drug-likeness (QED) is 0.868. The van der Waals surface area contributed by atoms with E-state index in [0.717, 1.165) is 31.0 Å².